The van der Waals surface area contributed by atoms with Gasteiger partial charge in [0.2, 0.25) is 0 Å². The highest BCUT2D eigenvalue weighted by molar-refractivity contribution is 14.0. The zero-order valence-electron chi connectivity index (χ0n) is 16.5. The van der Waals surface area contributed by atoms with Gasteiger partial charge in [0, 0.05) is 30.9 Å². The topological polar surface area (TPSA) is 58.5 Å². The fourth-order valence-corrected chi connectivity index (χ4v) is 2.89. The number of benzene rings is 1. The summed E-state index contributed by atoms with van der Waals surface area (Å²) in [7, 11) is 3.40. The zero-order chi connectivity index (χ0) is 19.1. The molecular formula is C20H28FIN4O. The minimum atomic E-state index is -0.201. The Labute approximate surface area is 177 Å². The number of rotatable bonds is 6. The SMILES string of the molecule is CN=C(NCCc1ccc(F)cc1C)NCc1ncc(C)c(OC)c1C.I. The van der Waals surface area contributed by atoms with E-state index in [2.05, 4.69) is 20.6 Å². The van der Waals surface area contributed by atoms with Gasteiger partial charge in [-0.05, 0) is 50.5 Å². The molecule has 0 saturated carbocycles. The van der Waals surface area contributed by atoms with Gasteiger partial charge in [-0.1, -0.05) is 6.07 Å². The summed E-state index contributed by atoms with van der Waals surface area (Å²) in [6, 6.07) is 4.88. The average molecular weight is 486 g/mol. The number of aryl methyl sites for hydroxylation is 2. The monoisotopic (exact) mass is 486 g/mol. The van der Waals surface area contributed by atoms with E-state index in [4.69, 9.17) is 4.74 Å². The van der Waals surface area contributed by atoms with Gasteiger partial charge in [0.15, 0.2) is 5.96 Å². The van der Waals surface area contributed by atoms with Crippen LogP contribution in [0.4, 0.5) is 4.39 Å². The van der Waals surface area contributed by atoms with Gasteiger partial charge in [-0.2, -0.15) is 0 Å². The lowest BCUT2D eigenvalue weighted by Crippen LogP contribution is -2.38. The molecular weight excluding hydrogens is 458 g/mol. The van der Waals surface area contributed by atoms with Gasteiger partial charge in [0.25, 0.3) is 0 Å². The summed E-state index contributed by atoms with van der Waals surface area (Å²) in [5, 5.41) is 6.54. The molecule has 1 heterocycles. The molecule has 2 rings (SSSR count). The maximum atomic E-state index is 13.2. The first-order valence-electron chi connectivity index (χ1n) is 8.64. The Morgan fingerprint density at radius 3 is 2.56 bits per heavy atom. The Kier molecular flexibility index (Phi) is 9.48. The van der Waals surface area contributed by atoms with Crippen LogP contribution in [-0.2, 0) is 13.0 Å². The van der Waals surface area contributed by atoms with Crippen LogP contribution in [0.15, 0.2) is 29.4 Å². The Balaban J connectivity index is 0.00000364. The number of nitrogens with zero attached hydrogens (tertiary/aromatic N) is 2. The number of hydrogen-bond acceptors (Lipinski definition) is 3. The van der Waals surface area contributed by atoms with E-state index in [1.54, 1.807) is 20.2 Å². The second-order valence-corrected chi connectivity index (χ2v) is 6.22. The number of hydrogen-bond donors (Lipinski definition) is 2. The number of methoxy groups -OCH3 is 1. The molecule has 2 N–H and O–H groups in total. The first-order valence-corrected chi connectivity index (χ1v) is 8.64. The van der Waals surface area contributed by atoms with Gasteiger partial charge in [0.05, 0.1) is 19.3 Å². The fraction of sp³-hybridized carbons (Fsp3) is 0.400. The molecule has 1 aromatic heterocycles. The molecule has 0 aliphatic carbocycles. The van der Waals surface area contributed by atoms with Crippen molar-refractivity contribution in [1.82, 2.24) is 15.6 Å². The lowest BCUT2D eigenvalue weighted by molar-refractivity contribution is 0.406. The summed E-state index contributed by atoms with van der Waals surface area (Å²) < 4.78 is 18.6. The van der Waals surface area contributed by atoms with Gasteiger partial charge in [-0.25, -0.2) is 4.39 Å². The van der Waals surface area contributed by atoms with E-state index >= 15 is 0 Å². The molecule has 0 aliphatic rings. The molecule has 27 heavy (non-hydrogen) atoms. The number of guanidine groups is 1. The molecule has 0 unspecified atom stereocenters. The number of ether oxygens (including phenoxy) is 1. The quantitative estimate of drug-likeness (QED) is 0.372. The summed E-state index contributed by atoms with van der Waals surface area (Å²) in [5.74, 6) is 1.37. The number of pyridine rings is 1. The van der Waals surface area contributed by atoms with E-state index < -0.39 is 0 Å². The van der Waals surface area contributed by atoms with Crippen molar-refractivity contribution in [2.75, 3.05) is 20.7 Å². The maximum Gasteiger partial charge on any atom is 0.191 e. The van der Waals surface area contributed by atoms with Crippen molar-refractivity contribution < 1.29 is 9.13 Å². The van der Waals surface area contributed by atoms with Gasteiger partial charge in [0.1, 0.15) is 11.6 Å². The molecule has 0 aliphatic heterocycles. The van der Waals surface area contributed by atoms with Crippen molar-refractivity contribution in [2.45, 2.75) is 33.7 Å². The van der Waals surface area contributed by atoms with Crippen LogP contribution in [0.2, 0.25) is 0 Å². The summed E-state index contributed by atoms with van der Waals surface area (Å²) in [5.41, 5.74) is 5.05. The minimum Gasteiger partial charge on any atom is -0.496 e. The van der Waals surface area contributed by atoms with Crippen LogP contribution < -0.4 is 15.4 Å². The molecule has 0 atom stereocenters. The molecule has 2 aromatic rings. The lowest BCUT2D eigenvalue weighted by Gasteiger charge is -2.15. The largest absolute Gasteiger partial charge is 0.496 e. The third kappa shape index (κ3) is 6.34. The predicted octanol–water partition coefficient (Wildman–Crippen LogP) is 3.68. The van der Waals surface area contributed by atoms with E-state index in [-0.39, 0.29) is 29.8 Å². The number of halogens is 2. The standard InChI is InChI=1S/C20H27FN4O.HI/c1-13-10-17(21)7-6-16(13)8-9-23-20(22-4)25-12-18-15(3)19(26-5)14(2)11-24-18;/h6-7,10-11H,8-9,12H2,1-5H3,(H2,22,23,25);1H. The Bertz CT molecular complexity index is 796. The second-order valence-electron chi connectivity index (χ2n) is 6.22. The van der Waals surface area contributed by atoms with Crippen molar-refractivity contribution in [3.8, 4) is 5.75 Å². The van der Waals surface area contributed by atoms with Crippen molar-refractivity contribution >= 4 is 29.9 Å². The zero-order valence-corrected chi connectivity index (χ0v) is 18.8. The maximum absolute atomic E-state index is 13.2. The molecule has 5 nitrogen and oxygen atoms in total. The molecule has 1 aromatic carbocycles. The smallest absolute Gasteiger partial charge is 0.191 e. The van der Waals surface area contributed by atoms with Crippen LogP contribution in [0.25, 0.3) is 0 Å². The number of aromatic nitrogens is 1. The third-order valence-electron chi connectivity index (χ3n) is 4.39. The highest BCUT2D eigenvalue weighted by Crippen LogP contribution is 2.23. The van der Waals surface area contributed by atoms with E-state index in [0.29, 0.717) is 19.0 Å². The first kappa shape index (κ1) is 23.1. The van der Waals surface area contributed by atoms with Crippen molar-refractivity contribution in [1.29, 1.82) is 0 Å². The van der Waals surface area contributed by atoms with E-state index in [1.807, 2.05) is 33.0 Å². The van der Waals surface area contributed by atoms with Crippen LogP contribution in [-0.4, -0.2) is 31.6 Å². The van der Waals surface area contributed by atoms with Gasteiger partial charge < -0.3 is 15.4 Å². The van der Waals surface area contributed by atoms with E-state index in [0.717, 1.165) is 40.1 Å². The molecule has 0 amide bonds. The molecule has 0 radical (unpaired) electrons. The lowest BCUT2D eigenvalue weighted by atomic mass is 10.1. The summed E-state index contributed by atoms with van der Waals surface area (Å²) >= 11 is 0. The van der Waals surface area contributed by atoms with E-state index in [9.17, 15) is 4.39 Å². The molecule has 0 saturated heterocycles. The average Bonchev–Trinajstić information content (AvgIpc) is 2.61. The fourth-order valence-electron chi connectivity index (χ4n) is 2.89. The first-order chi connectivity index (χ1) is 12.5. The predicted molar refractivity (Wildman–Crippen MR) is 119 cm³/mol. The normalized spacial score (nSPS) is 11.0. The Hall–Kier alpha value is -1.90. The molecule has 148 valence electrons. The molecule has 7 heteroatoms. The Morgan fingerprint density at radius 1 is 1.19 bits per heavy atom. The number of aliphatic imine (C=N–C) groups is 1. The summed E-state index contributed by atoms with van der Waals surface area (Å²) in [6.07, 6.45) is 2.61. The van der Waals surface area contributed by atoms with Crippen molar-refractivity contribution in [3.63, 3.8) is 0 Å². The van der Waals surface area contributed by atoms with Crippen molar-refractivity contribution in [2.24, 2.45) is 4.99 Å². The van der Waals surface area contributed by atoms with Crippen molar-refractivity contribution in [3.05, 3.63) is 58.2 Å². The third-order valence-corrected chi connectivity index (χ3v) is 4.39. The van der Waals surface area contributed by atoms with Crippen LogP contribution >= 0.6 is 24.0 Å². The van der Waals surface area contributed by atoms with E-state index in [1.165, 1.54) is 6.07 Å². The van der Waals surface area contributed by atoms with Crippen LogP contribution in [0.1, 0.15) is 27.9 Å². The summed E-state index contributed by atoms with van der Waals surface area (Å²) in [4.78, 5) is 8.72. The Morgan fingerprint density at radius 2 is 1.93 bits per heavy atom. The molecule has 0 bridgehead atoms. The second kappa shape index (κ2) is 11.1. The minimum absolute atomic E-state index is 0. The number of nitrogens with one attached hydrogen (secondary N) is 2. The van der Waals surface area contributed by atoms with Crippen LogP contribution in [0, 0.1) is 26.6 Å². The van der Waals surface area contributed by atoms with Crippen LogP contribution in [0.3, 0.4) is 0 Å². The highest BCUT2D eigenvalue weighted by atomic mass is 127. The molecule has 0 spiro atoms. The van der Waals surface area contributed by atoms with Gasteiger partial charge >= 0.3 is 0 Å². The van der Waals surface area contributed by atoms with Gasteiger partial charge in [-0.15, -0.1) is 24.0 Å². The molecule has 0 fully saturated rings. The van der Waals surface area contributed by atoms with Crippen LogP contribution in [0.5, 0.6) is 5.75 Å². The highest BCUT2D eigenvalue weighted by Gasteiger charge is 2.10. The summed E-state index contributed by atoms with van der Waals surface area (Å²) in [6.45, 7) is 7.16. The van der Waals surface area contributed by atoms with Gasteiger partial charge in [-0.3, -0.25) is 9.98 Å².